The van der Waals surface area contributed by atoms with E-state index >= 15 is 0 Å². The lowest BCUT2D eigenvalue weighted by atomic mass is 9.86. The number of benzene rings is 1. The van der Waals surface area contributed by atoms with Crippen molar-refractivity contribution in [1.82, 2.24) is 14.8 Å². The molecule has 2 fully saturated rings. The number of carbonyl (C=O) groups is 1. The van der Waals surface area contributed by atoms with Gasteiger partial charge < -0.3 is 9.88 Å². The van der Waals surface area contributed by atoms with Crippen LogP contribution in [-0.4, -0.2) is 27.0 Å². The van der Waals surface area contributed by atoms with Gasteiger partial charge in [0.15, 0.2) is 5.43 Å². The molecular weight excluding hydrogens is 364 g/mol. The SMILES string of the molecule is O=C(NCc1ccc(F)cc1F)c1cn2c(cc1=O)CN1C3CCC1(CC3)C2. The van der Waals surface area contributed by atoms with Crippen LogP contribution in [0.4, 0.5) is 8.78 Å². The maximum absolute atomic E-state index is 13.8. The van der Waals surface area contributed by atoms with Crippen molar-refractivity contribution in [2.45, 2.75) is 56.9 Å². The minimum atomic E-state index is -0.723. The molecule has 5 nitrogen and oxygen atoms in total. The Kier molecular flexibility index (Phi) is 3.91. The second-order valence-electron chi connectivity index (χ2n) is 8.17. The van der Waals surface area contributed by atoms with Gasteiger partial charge in [-0.25, -0.2) is 8.78 Å². The van der Waals surface area contributed by atoms with E-state index in [2.05, 4.69) is 10.2 Å². The summed E-state index contributed by atoms with van der Waals surface area (Å²) in [6, 6.07) is 5.38. The van der Waals surface area contributed by atoms with Crippen molar-refractivity contribution < 1.29 is 13.6 Å². The minimum absolute atomic E-state index is 0.0589. The van der Waals surface area contributed by atoms with Crippen molar-refractivity contribution >= 4 is 5.91 Å². The van der Waals surface area contributed by atoms with Crippen LogP contribution in [0, 0.1) is 11.6 Å². The van der Waals surface area contributed by atoms with Gasteiger partial charge in [0.05, 0.1) is 0 Å². The van der Waals surface area contributed by atoms with E-state index in [0.717, 1.165) is 43.8 Å². The zero-order valence-electron chi connectivity index (χ0n) is 15.4. The first kappa shape index (κ1) is 17.6. The second-order valence-corrected chi connectivity index (χ2v) is 8.17. The Labute approximate surface area is 161 Å². The van der Waals surface area contributed by atoms with E-state index in [1.807, 2.05) is 4.57 Å². The third-order valence-electron chi connectivity index (χ3n) is 6.65. The van der Waals surface area contributed by atoms with Crippen LogP contribution in [0.3, 0.4) is 0 Å². The van der Waals surface area contributed by atoms with Gasteiger partial charge in [-0.05, 0) is 31.7 Å². The molecule has 2 aromatic rings. The Bertz CT molecular complexity index is 1020. The van der Waals surface area contributed by atoms with Crippen molar-refractivity contribution in [3.05, 3.63) is 69.1 Å². The number of hydrogen-bond donors (Lipinski definition) is 1. The molecule has 3 aliphatic rings. The average molecular weight is 385 g/mol. The molecule has 146 valence electrons. The summed E-state index contributed by atoms with van der Waals surface area (Å²) < 4.78 is 28.8. The Morgan fingerprint density at radius 3 is 2.75 bits per heavy atom. The highest BCUT2D eigenvalue weighted by molar-refractivity contribution is 5.93. The van der Waals surface area contributed by atoms with Gasteiger partial charge in [0.1, 0.15) is 17.2 Å². The average Bonchev–Trinajstić information content (AvgIpc) is 3.19. The van der Waals surface area contributed by atoms with E-state index in [1.165, 1.54) is 18.9 Å². The Morgan fingerprint density at radius 2 is 2.00 bits per heavy atom. The third-order valence-corrected chi connectivity index (χ3v) is 6.65. The van der Waals surface area contributed by atoms with E-state index < -0.39 is 17.5 Å². The number of rotatable bonds is 3. The summed E-state index contributed by atoms with van der Waals surface area (Å²) in [6.45, 7) is 1.44. The molecule has 28 heavy (non-hydrogen) atoms. The van der Waals surface area contributed by atoms with Gasteiger partial charge in [0.25, 0.3) is 5.91 Å². The number of hydrogen-bond acceptors (Lipinski definition) is 3. The third kappa shape index (κ3) is 2.68. The minimum Gasteiger partial charge on any atom is -0.348 e. The molecule has 0 atom stereocenters. The Balaban J connectivity index is 1.38. The summed E-state index contributed by atoms with van der Waals surface area (Å²) in [6.07, 6.45) is 6.37. The molecule has 0 unspecified atom stereocenters. The van der Waals surface area contributed by atoms with E-state index in [1.54, 1.807) is 12.3 Å². The number of amides is 1. The molecule has 0 saturated carbocycles. The predicted molar refractivity (Wildman–Crippen MR) is 98.8 cm³/mol. The number of halogens is 2. The van der Waals surface area contributed by atoms with Gasteiger partial charge >= 0.3 is 0 Å². The molecule has 0 aliphatic carbocycles. The lowest BCUT2D eigenvalue weighted by Gasteiger charge is -2.41. The van der Waals surface area contributed by atoms with Crippen LogP contribution in [-0.2, 0) is 19.6 Å². The molecule has 3 aliphatic heterocycles. The topological polar surface area (TPSA) is 54.3 Å². The molecule has 2 saturated heterocycles. The van der Waals surface area contributed by atoms with Gasteiger partial charge in [-0.2, -0.15) is 0 Å². The number of pyridine rings is 1. The molecule has 1 aromatic heterocycles. The lowest BCUT2D eigenvalue weighted by Crippen LogP contribution is -2.49. The highest BCUT2D eigenvalue weighted by Gasteiger charge is 2.53. The Morgan fingerprint density at radius 1 is 1.21 bits per heavy atom. The largest absolute Gasteiger partial charge is 0.348 e. The summed E-state index contributed by atoms with van der Waals surface area (Å²) in [5.74, 6) is -1.94. The van der Waals surface area contributed by atoms with Gasteiger partial charge in [0, 0.05) is 60.8 Å². The second kappa shape index (κ2) is 6.24. The smallest absolute Gasteiger partial charge is 0.257 e. The van der Waals surface area contributed by atoms with Crippen molar-refractivity contribution in [1.29, 1.82) is 0 Å². The number of nitrogens with one attached hydrogen (secondary N) is 1. The van der Waals surface area contributed by atoms with Crippen LogP contribution < -0.4 is 10.7 Å². The van der Waals surface area contributed by atoms with Crippen LogP contribution >= 0.6 is 0 Å². The van der Waals surface area contributed by atoms with Crippen LogP contribution in [0.25, 0.3) is 0 Å². The van der Waals surface area contributed by atoms with Crippen molar-refractivity contribution in [3.8, 4) is 0 Å². The standard InChI is InChI=1S/C21H21F2N3O2/c22-14-2-1-13(18(23)7-14)9-24-20(28)17-11-25-12-21-5-3-15(4-6-21)26(21)10-16(25)8-19(17)27/h1-2,7-8,11,15H,3-6,9-10,12H2,(H,24,28). The normalized spacial score (nSPS) is 25.4. The van der Waals surface area contributed by atoms with Gasteiger partial charge in [0.2, 0.25) is 0 Å². The zero-order valence-corrected chi connectivity index (χ0v) is 15.4. The van der Waals surface area contributed by atoms with Gasteiger partial charge in [-0.1, -0.05) is 6.07 Å². The molecule has 1 N–H and O–H groups in total. The van der Waals surface area contributed by atoms with E-state index in [9.17, 15) is 18.4 Å². The molecular formula is C21H21F2N3O2. The maximum Gasteiger partial charge on any atom is 0.257 e. The highest BCUT2D eigenvalue weighted by Crippen LogP contribution is 2.49. The first-order valence-corrected chi connectivity index (χ1v) is 9.67. The van der Waals surface area contributed by atoms with E-state index in [4.69, 9.17) is 0 Å². The molecule has 0 spiro atoms. The zero-order chi connectivity index (χ0) is 19.5. The quantitative estimate of drug-likeness (QED) is 0.884. The van der Waals surface area contributed by atoms with E-state index in [-0.39, 0.29) is 28.6 Å². The Hall–Kier alpha value is -2.54. The molecule has 1 amide bonds. The molecule has 4 heterocycles. The first-order chi connectivity index (χ1) is 13.4. The fourth-order valence-electron chi connectivity index (χ4n) is 5.17. The fraction of sp³-hybridized carbons (Fsp3) is 0.429. The number of carbonyl (C=O) groups excluding carboxylic acids is 1. The maximum atomic E-state index is 13.8. The van der Waals surface area contributed by atoms with Crippen LogP contribution in [0.15, 0.2) is 35.3 Å². The van der Waals surface area contributed by atoms with Gasteiger partial charge in [-0.3, -0.25) is 14.5 Å². The number of fused-ring (bicyclic) bond motifs is 1. The summed E-state index contributed by atoms with van der Waals surface area (Å²) in [5.41, 5.74) is 1.01. The summed E-state index contributed by atoms with van der Waals surface area (Å²) in [7, 11) is 0. The molecule has 2 bridgehead atoms. The summed E-state index contributed by atoms with van der Waals surface area (Å²) in [5, 5.41) is 2.58. The van der Waals surface area contributed by atoms with Crippen LogP contribution in [0.1, 0.15) is 47.3 Å². The molecule has 5 rings (SSSR count). The van der Waals surface area contributed by atoms with Gasteiger partial charge in [-0.15, -0.1) is 0 Å². The van der Waals surface area contributed by atoms with Crippen molar-refractivity contribution in [2.75, 3.05) is 0 Å². The molecule has 1 aromatic carbocycles. The first-order valence-electron chi connectivity index (χ1n) is 9.67. The summed E-state index contributed by atoms with van der Waals surface area (Å²) in [4.78, 5) is 27.6. The summed E-state index contributed by atoms with van der Waals surface area (Å²) >= 11 is 0. The van der Waals surface area contributed by atoms with Crippen LogP contribution in [0.2, 0.25) is 0 Å². The number of nitrogens with zero attached hydrogens (tertiary/aromatic N) is 2. The molecule has 7 heteroatoms. The lowest BCUT2D eigenvalue weighted by molar-refractivity contribution is 0.0916. The fourth-order valence-corrected chi connectivity index (χ4v) is 5.17. The monoisotopic (exact) mass is 385 g/mol. The predicted octanol–water partition coefficient (Wildman–Crippen LogP) is 2.57. The number of aromatic nitrogens is 1. The highest BCUT2D eigenvalue weighted by atomic mass is 19.1. The van der Waals surface area contributed by atoms with Crippen molar-refractivity contribution in [3.63, 3.8) is 0 Å². The van der Waals surface area contributed by atoms with Crippen molar-refractivity contribution in [2.24, 2.45) is 0 Å². The van der Waals surface area contributed by atoms with Crippen LogP contribution in [0.5, 0.6) is 0 Å². The molecule has 0 radical (unpaired) electrons. The van der Waals surface area contributed by atoms with E-state index in [0.29, 0.717) is 6.04 Å².